The number of nitrogens with two attached hydrogens (primary N) is 1. The van der Waals surface area contributed by atoms with Crippen molar-refractivity contribution in [1.82, 2.24) is 14.7 Å². The van der Waals surface area contributed by atoms with E-state index in [1.807, 2.05) is 29.1 Å². The van der Waals surface area contributed by atoms with Crippen molar-refractivity contribution in [2.75, 3.05) is 26.4 Å². The minimum absolute atomic E-state index is 0.580. The number of rotatable bonds is 7. The summed E-state index contributed by atoms with van der Waals surface area (Å²) in [6, 6.07) is 10.0. The largest absolute Gasteiger partial charge is 0.497 e. The SMILES string of the molecule is COc1ccc(CN(C)CCCn2ccc(N)n2)cc1. The fourth-order valence-electron chi connectivity index (χ4n) is 2.13. The van der Waals surface area contributed by atoms with Crippen LogP contribution in [0.1, 0.15) is 12.0 Å². The molecular weight excluding hydrogens is 252 g/mol. The maximum atomic E-state index is 5.58. The summed E-state index contributed by atoms with van der Waals surface area (Å²) in [5.74, 6) is 1.48. The summed E-state index contributed by atoms with van der Waals surface area (Å²) >= 11 is 0. The van der Waals surface area contributed by atoms with Gasteiger partial charge < -0.3 is 15.4 Å². The Morgan fingerprint density at radius 2 is 2.00 bits per heavy atom. The predicted octanol–water partition coefficient (Wildman–Crippen LogP) is 2.00. The molecule has 1 aromatic carbocycles. The lowest BCUT2D eigenvalue weighted by molar-refractivity contribution is 0.311. The molecule has 2 rings (SSSR count). The average molecular weight is 274 g/mol. The molecule has 0 aliphatic carbocycles. The summed E-state index contributed by atoms with van der Waals surface area (Å²) in [5.41, 5.74) is 6.87. The first-order chi connectivity index (χ1) is 9.67. The summed E-state index contributed by atoms with van der Waals surface area (Å²) in [6.07, 6.45) is 2.96. The Morgan fingerprint density at radius 1 is 1.25 bits per heavy atom. The quantitative estimate of drug-likeness (QED) is 0.839. The third-order valence-electron chi connectivity index (χ3n) is 3.20. The van der Waals surface area contributed by atoms with E-state index in [9.17, 15) is 0 Å². The van der Waals surface area contributed by atoms with Crippen molar-refractivity contribution < 1.29 is 4.74 Å². The number of aryl methyl sites for hydroxylation is 1. The van der Waals surface area contributed by atoms with Crippen LogP contribution in [0.2, 0.25) is 0 Å². The monoisotopic (exact) mass is 274 g/mol. The second-order valence-corrected chi connectivity index (χ2v) is 4.94. The summed E-state index contributed by atoms with van der Waals surface area (Å²) in [7, 11) is 3.81. The molecule has 2 N–H and O–H groups in total. The summed E-state index contributed by atoms with van der Waals surface area (Å²) in [4.78, 5) is 2.30. The number of nitrogen functional groups attached to an aromatic ring is 1. The Hall–Kier alpha value is -2.01. The van der Waals surface area contributed by atoms with E-state index in [0.717, 1.165) is 31.8 Å². The number of anilines is 1. The number of ether oxygens (including phenoxy) is 1. The molecule has 108 valence electrons. The van der Waals surface area contributed by atoms with Gasteiger partial charge in [-0.05, 0) is 43.8 Å². The Balaban J connectivity index is 1.72. The van der Waals surface area contributed by atoms with E-state index in [2.05, 4.69) is 29.2 Å². The number of benzene rings is 1. The fourth-order valence-corrected chi connectivity index (χ4v) is 2.13. The molecule has 0 bridgehead atoms. The molecule has 0 unspecified atom stereocenters. The molecule has 0 spiro atoms. The molecular formula is C15H22N4O. The zero-order chi connectivity index (χ0) is 14.4. The Labute approximate surface area is 119 Å². The van der Waals surface area contributed by atoms with Crippen molar-refractivity contribution in [2.45, 2.75) is 19.5 Å². The molecule has 1 heterocycles. The first-order valence-corrected chi connectivity index (χ1v) is 6.78. The van der Waals surface area contributed by atoms with Crippen LogP contribution in [0.5, 0.6) is 5.75 Å². The smallest absolute Gasteiger partial charge is 0.145 e. The first kappa shape index (κ1) is 14.4. The van der Waals surface area contributed by atoms with Crippen molar-refractivity contribution in [3.63, 3.8) is 0 Å². The maximum Gasteiger partial charge on any atom is 0.145 e. The highest BCUT2D eigenvalue weighted by Crippen LogP contribution is 2.12. The molecule has 1 aromatic heterocycles. The highest BCUT2D eigenvalue weighted by Gasteiger charge is 2.02. The molecule has 0 aliphatic heterocycles. The molecule has 0 aliphatic rings. The number of hydrogen-bond acceptors (Lipinski definition) is 4. The molecule has 0 saturated heterocycles. The highest BCUT2D eigenvalue weighted by atomic mass is 16.5. The standard InChI is InChI=1S/C15H22N4O/c1-18(9-3-10-19-11-8-15(16)17-19)12-13-4-6-14(20-2)7-5-13/h4-8,11H,3,9-10,12H2,1-2H3,(H2,16,17). The van der Waals surface area contributed by atoms with Gasteiger partial charge in [0.05, 0.1) is 7.11 Å². The third kappa shape index (κ3) is 4.28. The van der Waals surface area contributed by atoms with Gasteiger partial charge in [-0.3, -0.25) is 4.68 Å². The molecule has 20 heavy (non-hydrogen) atoms. The fraction of sp³-hybridized carbons (Fsp3) is 0.400. The van der Waals surface area contributed by atoms with Gasteiger partial charge in [0.25, 0.3) is 0 Å². The maximum absolute atomic E-state index is 5.58. The van der Waals surface area contributed by atoms with Gasteiger partial charge in [0.1, 0.15) is 11.6 Å². The summed E-state index contributed by atoms with van der Waals surface area (Å²) < 4.78 is 7.04. The van der Waals surface area contributed by atoms with Gasteiger partial charge in [-0.1, -0.05) is 12.1 Å². The third-order valence-corrected chi connectivity index (χ3v) is 3.20. The number of nitrogens with zero attached hydrogens (tertiary/aromatic N) is 3. The lowest BCUT2D eigenvalue weighted by Gasteiger charge is -2.16. The number of aromatic nitrogens is 2. The number of hydrogen-bond donors (Lipinski definition) is 1. The summed E-state index contributed by atoms with van der Waals surface area (Å²) in [6.45, 7) is 2.85. The molecule has 2 aromatic rings. The molecule has 0 fully saturated rings. The molecule has 0 atom stereocenters. The van der Waals surface area contributed by atoms with Crippen LogP contribution in [0.25, 0.3) is 0 Å². The minimum Gasteiger partial charge on any atom is -0.497 e. The van der Waals surface area contributed by atoms with Crippen LogP contribution < -0.4 is 10.5 Å². The Kier molecular flexibility index (Phi) is 5.01. The van der Waals surface area contributed by atoms with Gasteiger partial charge in [-0.2, -0.15) is 5.10 Å². The van der Waals surface area contributed by atoms with E-state index in [1.54, 1.807) is 7.11 Å². The number of methoxy groups -OCH3 is 1. The Morgan fingerprint density at radius 3 is 2.60 bits per heavy atom. The minimum atomic E-state index is 0.580. The van der Waals surface area contributed by atoms with Crippen molar-refractivity contribution in [3.8, 4) is 5.75 Å². The lowest BCUT2D eigenvalue weighted by Crippen LogP contribution is -2.20. The van der Waals surface area contributed by atoms with Crippen molar-refractivity contribution in [3.05, 3.63) is 42.1 Å². The van der Waals surface area contributed by atoms with Gasteiger partial charge in [0, 0.05) is 19.3 Å². The average Bonchev–Trinajstić information content (AvgIpc) is 2.85. The molecule has 0 radical (unpaired) electrons. The van der Waals surface area contributed by atoms with Crippen LogP contribution >= 0.6 is 0 Å². The summed E-state index contributed by atoms with van der Waals surface area (Å²) in [5, 5.41) is 4.17. The van der Waals surface area contributed by atoms with Crippen molar-refractivity contribution in [1.29, 1.82) is 0 Å². The second kappa shape index (κ2) is 6.96. The Bertz CT molecular complexity index is 521. The van der Waals surface area contributed by atoms with E-state index in [4.69, 9.17) is 10.5 Å². The van der Waals surface area contributed by atoms with Gasteiger partial charge >= 0.3 is 0 Å². The van der Waals surface area contributed by atoms with E-state index < -0.39 is 0 Å². The van der Waals surface area contributed by atoms with Gasteiger partial charge in [0.15, 0.2) is 0 Å². The normalized spacial score (nSPS) is 10.9. The highest BCUT2D eigenvalue weighted by molar-refractivity contribution is 5.27. The van der Waals surface area contributed by atoms with Crippen molar-refractivity contribution in [2.24, 2.45) is 0 Å². The lowest BCUT2D eigenvalue weighted by atomic mass is 10.2. The van der Waals surface area contributed by atoms with Gasteiger partial charge in [-0.15, -0.1) is 0 Å². The van der Waals surface area contributed by atoms with E-state index in [-0.39, 0.29) is 0 Å². The predicted molar refractivity (Wildman–Crippen MR) is 80.6 cm³/mol. The molecule has 0 saturated carbocycles. The van der Waals surface area contributed by atoms with Crippen LogP contribution in [-0.4, -0.2) is 35.4 Å². The van der Waals surface area contributed by atoms with Gasteiger partial charge in [0.2, 0.25) is 0 Å². The van der Waals surface area contributed by atoms with Crippen LogP contribution in [-0.2, 0) is 13.1 Å². The van der Waals surface area contributed by atoms with Crippen molar-refractivity contribution >= 4 is 5.82 Å². The zero-order valence-electron chi connectivity index (χ0n) is 12.1. The van der Waals surface area contributed by atoms with Crippen LogP contribution in [0.15, 0.2) is 36.5 Å². The van der Waals surface area contributed by atoms with E-state index in [1.165, 1.54) is 5.56 Å². The molecule has 5 heteroatoms. The van der Waals surface area contributed by atoms with Crippen LogP contribution in [0.4, 0.5) is 5.82 Å². The van der Waals surface area contributed by atoms with E-state index in [0.29, 0.717) is 5.82 Å². The van der Waals surface area contributed by atoms with Crippen LogP contribution in [0, 0.1) is 0 Å². The first-order valence-electron chi connectivity index (χ1n) is 6.78. The zero-order valence-corrected chi connectivity index (χ0v) is 12.1. The van der Waals surface area contributed by atoms with Gasteiger partial charge in [-0.25, -0.2) is 0 Å². The second-order valence-electron chi connectivity index (χ2n) is 4.94. The molecule has 0 amide bonds. The van der Waals surface area contributed by atoms with Crippen LogP contribution in [0.3, 0.4) is 0 Å². The molecule has 5 nitrogen and oxygen atoms in total. The van der Waals surface area contributed by atoms with E-state index >= 15 is 0 Å². The topological polar surface area (TPSA) is 56.3 Å².